The van der Waals surface area contributed by atoms with E-state index < -0.39 is 11.9 Å². The van der Waals surface area contributed by atoms with Gasteiger partial charge in [0.2, 0.25) is 17.7 Å². The molecule has 0 unspecified atom stereocenters. The molecule has 5 N–H and O–H groups in total. The van der Waals surface area contributed by atoms with Gasteiger partial charge in [0.1, 0.15) is 5.75 Å². The van der Waals surface area contributed by atoms with Crippen LogP contribution in [-0.4, -0.2) is 44.0 Å². The topological polar surface area (TPSA) is 123 Å². The van der Waals surface area contributed by atoms with Crippen LogP contribution in [0.15, 0.2) is 12.1 Å². The summed E-state index contributed by atoms with van der Waals surface area (Å²) >= 11 is 6.03. The number of carbonyl (C=O) groups is 3. The first-order chi connectivity index (χ1) is 12.6. The number of nitrogens with one attached hydrogen (secondary N) is 3. The second-order valence-electron chi connectivity index (χ2n) is 6.44. The van der Waals surface area contributed by atoms with Crippen LogP contribution < -0.4 is 26.4 Å². The average molecular weight is 435 g/mol. The number of benzene rings is 1. The highest BCUT2D eigenvalue weighted by Gasteiger charge is 2.17. The Balaban J connectivity index is 0.00000729. The van der Waals surface area contributed by atoms with Gasteiger partial charge in [-0.25, -0.2) is 0 Å². The Kier molecular flexibility index (Phi) is 11.5. The number of anilines is 1. The van der Waals surface area contributed by atoms with Gasteiger partial charge in [-0.15, -0.1) is 12.4 Å². The van der Waals surface area contributed by atoms with Crippen LogP contribution in [0.25, 0.3) is 0 Å². The number of amides is 3. The Morgan fingerprint density at radius 2 is 1.82 bits per heavy atom. The molecular weight excluding hydrogens is 407 g/mol. The second kappa shape index (κ2) is 12.4. The minimum absolute atomic E-state index is 0. The summed E-state index contributed by atoms with van der Waals surface area (Å²) in [7, 11) is 1.48. The summed E-state index contributed by atoms with van der Waals surface area (Å²) in [5.74, 6) is -0.645. The van der Waals surface area contributed by atoms with Crippen molar-refractivity contribution < 1.29 is 19.1 Å². The van der Waals surface area contributed by atoms with Crippen LogP contribution in [0, 0.1) is 12.8 Å². The number of rotatable bonds is 9. The van der Waals surface area contributed by atoms with E-state index in [0.717, 1.165) is 5.56 Å². The van der Waals surface area contributed by atoms with Gasteiger partial charge in [-0.1, -0.05) is 25.4 Å². The van der Waals surface area contributed by atoms with Crippen LogP contribution in [0.5, 0.6) is 5.75 Å². The molecule has 0 aliphatic rings. The highest BCUT2D eigenvalue weighted by molar-refractivity contribution is 6.31. The molecule has 28 heavy (non-hydrogen) atoms. The summed E-state index contributed by atoms with van der Waals surface area (Å²) in [6.45, 7) is 5.40. The number of aryl methyl sites for hydroxylation is 1. The molecule has 10 heteroatoms. The average Bonchev–Trinajstić information content (AvgIpc) is 2.61. The van der Waals surface area contributed by atoms with Gasteiger partial charge in [0.05, 0.1) is 25.4 Å². The molecule has 0 radical (unpaired) electrons. The van der Waals surface area contributed by atoms with E-state index in [9.17, 15) is 14.4 Å². The van der Waals surface area contributed by atoms with E-state index in [2.05, 4.69) is 16.0 Å². The third-order valence-corrected chi connectivity index (χ3v) is 4.28. The Bertz CT molecular complexity index is 698. The molecule has 0 aliphatic carbocycles. The molecule has 0 aromatic heterocycles. The summed E-state index contributed by atoms with van der Waals surface area (Å²) in [6, 6.07) is 2.67. The van der Waals surface area contributed by atoms with Crippen molar-refractivity contribution in [1.82, 2.24) is 10.6 Å². The first kappa shape index (κ1) is 26.0. The van der Waals surface area contributed by atoms with Gasteiger partial charge in [-0.3, -0.25) is 14.4 Å². The molecular formula is C18H28Cl2N4O4. The van der Waals surface area contributed by atoms with E-state index in [4.69, 9.17) is 22.1 Å². The zero-order chi connectivity index (χ0) is 20.6. The summed E-state index contributed by atoms with van der Waals surface area (Å²) in [5.41, 5.74) is 7.00. The molecule has 1 aromatic carbocycles. The van der Waals surface area contributed by atoms with Gasteiger partial charge in [0.25, 0.3) is 0 Å². The van der Waals surface area contributed by atoms with Crippen molar-refractivity contribution in [2.75, 3.05) is 25.5 Å². The van der Waals surface area contributed by atoms with Crippen molar-refractivity contribution in [3.05, 3.63) is 22.7 Å². The normalized spacial score (nSPS) is 11.2. The van der Waals surface area contributed by atoms with Gasteiger partial charge >= 0.3 is 0 Å². The van der Waals surface area contributed by atoms with Gasteiger partial charge in [0.15, 0.2) is 0 Å². The second-order valence-corrected chi connectivity index (χ2v) is 6.84. The lowest BCUT2D eigenvalue weighted by molar-refractivity contribution is -0.127. The number of hydrogen-bond donors (Lipinski definition) is 4. The molecule has 1 atom stereocenters. The molecule has 0 heterocycles. The van der Waals surface area contributed by atoms with E-state index >= 15 is 0 Å². The number of nitrogens with two attached hydrogens (primary N) is 1. The SMILES string of the molecule is COc1cc(Cl)c(C)cc1NC(=O)CCNC(=O)CNC(=O)[C@@H](N)C(C)C.Cl. The van der Waals surface area contributed by atoms with Crippen LogP contribution in [-0.2, 0) is 14.4 Å². The monoisotopic (exact) mass is 434 g/mol. The van der Waals surface area contributed by atoms with Crippen molar-refractivity contribution >= 4 is 47.4 Å². The lowest BCUT2D eigenvalue weighted by Crippen LogP contribution is -2.47. The van der Waals surface area contributed by atoms with E-state index in [-0.39, 0.29) is 49.6 Å². The Hall–Kier alpha value is -2.03. The zero-order valence-electron chi connectivity index (χ0n) is 16.4. The Labute approximate surface area is 176 Å². The number of carbonyl (C=O) groups excluding carboxylic acids is 3. The van der Waals surface area contributed by atoms with Gasteiger partial charge in [-0.2, -0.15) is 0 Å². The number of ether oxygens (including phenoxy) is 1. The van der Waals surface area contributed by atoms with E-state index in [1.807, 2.05) is 20.8 Å². The Morgan fingerprint density at radius 1 is 1.18 bits per heavy atom. The molecule has 0 saturated carbocycles. The van der Waals surface area contributed by atoms with Crippen molar-refractivity contribution in [2.24, 2.45) is 11.7 Å². The molecule has 1 aromatic rings. The minimum atomic E-state index is -0.665. The largest absolute Gasteiger partial charge is 0.495 e. The fourth-order valence-corrected chi connectivity index (χ4v) is 2.26. The molecule has 0 fully saturated rings. The summed E-state index contributed by atoms with van der Waals surface area (Å²) < 4.78 is 5.20. The number of methoxy groups -OCH3 is 1. The van der Waals surface area contributed by atoms with Crippen LogP contribution >= 0.6 is 24.0 Å². The predicted molar refractivity (Wildman–Crippen MR) is 112 cm³/mol. The van der Waals surface area contributed by atoms with Crippen molar-refractivity contribution in [3.63, 3.8) is 0 Å². The third kappa shape index (κ3) is 8.33. The van der Waals surface area contributed by atoms with Gasteiger partial charge in [0, 0.05) is 24.1 Å². The molecule has 158 valence electrons. The maximum absolute atomic E-state index is 12.1. The first-order valence-electron chi connectivity index (χ1n) is 8.59. The van der Waals surface area contributed by atoms with E-state index in [1.54, 1.807) is 12.1 Å². The molecule has 0 saturated heterocycles. The van der Waals surface area contributed by atoms with Crippen LogP contribution in [0.2, 0.25) is 5.02 Å². The van der Waals surface area contributed by atoms with Crippen LogP contribution in [0.4, 0.5) is 5.69 Å². The quantitative estimate of drug-likeness (QED) is 0.470. The molecule has 3 amide bonds. The molecule has 0 bridgehead atoms. The van der Waals surface area contributed by atoms with E-state index in [0.29, 0.717) is 16.5 Å². The summed E-state index contributed by atoms with van der Waals surface area (Å²) in [6.07, 6.45) is 0.0655. The summed E-state index contributed by atoms with van der Waals surface area (Å²) in [5, 5.41) is 8.29. The maximum atomic E-state index is 12.1. The molecule has 1 rings (SSSR count). The zero-order valence-corrected chi connectivity index (χ0v) is 18.0. The van der Waals surface area contributed by atoms with E-state index in [1.165, 1.54) is 7.11 Å². The maximum Gasteiger partial charge on any atom is 0.239 e. The van der Waals surface area contributed by atoms with Crippen LogP contribution in [0.1, 0.15) is 25.8 Å². The summed E-state index contributed by atoms with van der Waals surface area (Å²) in [4.78, 5) is 35.5. The molecule has 0 spiro atoms. The van der Waals surface area contributed by atoms with Crippen molar-refractivity contribution in [1.29, 1.82) is 0 Å². The lowest BCUT2D eigenvalue weighted by Gasteiger charge is -2.15. The Morgan fingerprint density at radius 3 is 2.39 bits per heavy atom. The predicted octanol–water partition coefficient (Wildman–Crippen LogP) is 1.62. The third-order valence-electron chi connectivity index (χ3n) is 3.87. The fraction of sp³-hybridized carbons (Fsp3) is 0.500. The fourth-order valence-electron chi connectivity index (χ4n) is 2.11. The van der Waals surface area contributed by atoms with Gasteiger partial charge in [-0.05, 0) is 24.5 Å². The number of halogens is 2. The highest BCUT2D eigenvalue weighted by atomic mass is 35.5. The highest BCUT2D eigenvalue weighted by Crippen LogP contribution is 2.30. The van der Waals surface area contributed by atoms with Crippen LogP contribution in [0.3, 0.4) is 0 Å². The van der Waals surface area contributed by atoms with Crippen molar-refractivity contribution in [3.8, 4) is 5.75 Å². The lowest BCUT2D eigenvalue weighted by atomic mass is 10.1. The van der Waals surface area contributed by atoms with Crippen molar-refractivity contribution in [2.45, 2.75) is 33.2 Å². The smallest absolute Gasteiger partial charge is 0.239 e. The first-order valence-corrected chi connectivity index (χ1v) is 8.97. The molecule has 0 aliphatic heterocycles. The molecule has 8 nitrogen and oxygen atoms in total. The van der Waals surface area contributed by atoms with Gasteiger partial charge < -0.3 is 26.4 Å². The standard InChI is InChI=1S/C18H27ClN4O4.ClH/c1-10(2)17(20)18(26)22-9-16(25)21-6-5-15(24)23-13-7-11(3)12(19)8-14(13)27-4;/h7-8,10,17H,5-6,9,20H2,1-4H3,(H,21,25)(H,22,26)(H,23,24);1H/t17-;/m0./s1. The minimum Gasteiger partial charge on any atom is -0.495 e. The number of hydrogen-bond acceptors (Lipinski definition) is 5.